The summed E-state index contributed by atoms with van der Waals surface area (Å²) in [6, 6.07) is 157. The van der Waals surface area contributed by atoms with Gasteiger partial charge in [0, 0.05) is 115 Å². The third-order valence-corrected chi connectivity index (χ3v) is 27.8. The summed E-state index contributed by atoms with van der Waals surface area (Å²) >= 11 is 0. The van der Waals surface area contributed by atoms with Crippen molar-refractivity contribution in [1.29, 1.82) is 0 Å². The van der Waals surface area contributed by atoms with Crippen molar-refractivity contribution in [2.24, 2.45) is 0 Å². The molecule has 21 aromatic rings. The predicted molar refractivity (Wildman–Crippen MR) is 569 cm³/mol. The SMILES string of the molecule is c1ccc(-c2nc(-c3ccccc3)nc(-c3ccc(N4c5ccccc5Oc5c4cc4c6c5N(c5ccccc5)c5ccccc5B6c5ccccc5O4)cc3)n2)cc1.c1ccc(N2c3ccccc3B3c4ccccc4Oc4cc5c(c2c43)Oc2ccccc2N5c2ccncc2)cc1.c1ccc(N2c3ccccc3Oc3c2cc2c4c3N(c3ccccc3)c3ccccc3B4c3ccccc3O2)cc1. The van der Waals surface area contributed by atoms with E-state index in [0.717, 1.165) is 221 Å². The van der Waals surface area contributed by atoms with Gasteiger partial charge in [0.1, 0.15) is 34.5 Å². The van der Waals surface area contributed by atoms with Gasteiger partial charge in [-0.3, -0.25) is 4.98 Å². The van der Waals surface area contributed by atoms with Crippen molar-refractivity contribution >= 4 is 172 Å². The molecule has 0 N–H and O–H groups in total. The molecule has 0 atom stereocenters. The molecular weight excluding hydrogens is 1730 g/mol. The van der Waals surface area contributed by atoms with Gasteiger partial charge >= 0.3 is 0 Å². The number of aromatic nitrogens is 4. The highest BCUT2D eigenvalue weighted by molar-refractivity contribution is 7.01. The fraction of sp³-hybridized carbons (Fsp3) is 0. The minimum Gasteiger partial charge on any atom is -0.458 e. The first-order chi connectivity index (χ1) is 70.0. The third kappa shape index (κ3) is 13.1. The number of para-hydroxylation sites is 16. The van der Waals surface area contributed by atoms with Gasteiger partial charge in [0.05, 0.1) is 51.2 Å². The highest BCUT2D eigenvalue weighted by Gasteiger charge is 2.51. The number of nitrogens with zero attached hydrogens (tertiary/aromatic N) is 10. The zero-order valence-electron chi connectivity index (χ0n) is 75.6. The number of anilines is 18. The van der Waals surface area contributed by atoms with Crippen molar-refractivity contribution in [2.75, 3.05) is 29.4 Å². The molecule has 19 aromatic carbocycles. The summed E-state index contributed by atoms with van der Waals surface area (Å²) in [7, 11) is 0. The standard InChI is InChI=1S/C51H32BN5O2.C36H23BN2O2.C35H22BN3O2/c1-4-16-33(17-5-1)49-53-50(34-18-6-2-7-19-34)55-51(54-49)35-28-30-37(31-29-35)56-41-25-13-15-27-44(41)59-48-42(56)32-45-46-47(48)57(36-20-8-3-9-21-36)40-24-12-10-22-38(40)52(46)39-23-11-14-26-43(39)58-45;1-3-13-24(14-4-1)38-29-20-10-12-22-32(29)41-36-30(38)23-33-34-35(36)39(25-15-5-2-6-16-25)28-19-9-7-17-26(28)37(34)27-18-8-11-21-31(27)40-33;1-2-10-23(11-3-1)39-27-14-6-4-12-25(27)36-26-13-5-8-16-30(26)40-32-22-29-35(34(39)33(32)36)41-31-17-9-7-15-28(31)38(29)24-18-20-37-21-19-24/h1-32H;1-23H;1-22H. The van der Waals surface area contributed by atoms with Crippen LogP contribution in [0.15, 0.2) is 467 Å². The number of hydrogen-bond acceptors (Lipinski definition) is 16. The van der Waals surface area contributed by atoms with E-state index in [1.54, 1.807) is 0 Å². The van der Waals surface area contributed by atoms with Gasteiger partial charge in [-0.05, 0) is 191 Å². The molecule has 19 heteroatoms. The molecule has 0 unspecified atom stereocenters. The van der Waals surface area contributed by atoms with Gasteiger partial charge in [0.15, 0.2) is 52.0 Å². The van der Waals surface area contributed by atoms with E-state index >= 15 is 0 Å². The number of hydrogen-bond donors (Lipinski definition) is 0. The fourth-order valence-corrected chi connectivity index (χ4v) is 21.9. The number of pyridine rings is 1. The molecule has 0 aliphatic carbocycles. The van der Waals surface area contributed by atoms with Crippen molar-refractivity contribution in [3.05, 3.63) is 467 Å². The Balaban J connectivity index is 0.000000106. The first-order valence-electron chi connectivity index (χ1n) is 47.4. The topological polar surface area (TPSA) is 126 Å². The molecule has 11 heterocycles. The van der Waals surface area contributed by atoms with Crippen LogP contribution >= 0.6 is 0 Å². The second kappa shape index (κ2) is 33.0. The average Bonchev–Trinajstić information content (AvgIpc) is 0.700. The summed E-state index contributed by atoms with van der Waals surface area (Å²) in [5.74, 6) is 11.7. The molecule has 0 radical (unpaired) electrons. The summed E-state index contributed by atoms with van der Waals surface area (Å²) in [5, 5.41) is 0. The Hall–Kier alpha value is -18.9. The largest absolute Gasteiger partial charge is 0.458 e. The average molecular weight is 1810 g/mol. The molecule has 16 nitrogen and oxygen atoms in total. The van der Waals surface area contributed by atoms with Crippen LogP contribution in [0.2, 0.25) is 0 Å². The quantitative estimate of drug-likeness (QED) is 0.127. The lowest BCUT2D eigenvalue weighted by atomic mass is 9.34. The highest BCUT2D eigenvalue weighted by atomic mass is 16.5. The Kier molecular flexibility index (Phi) is 18.9. The Morgan fingerprint density at radius 1 is 0.170 bits per heavy atom. The van der Waals surface area contributed by atoms with Crippen molar-refractivity contribution in [3.8, 4) is 103 Å². The maximum absolute atomic E-state index is 7.09. The minimum atomic E-state index is -0.0539. The molecule has 141 heavy (non-hydrogen) atoms. The molecule has 9 aliphatic rings. The van der Waals surface area contributed by atoms with E-state index in [0.29, 0.717) is 17.5 Å². The number of benzene rings is 19. The lowest BCUT2D eigenvalue weighted by molar-refractivity contribution is 0.469. The highest BCUT2D eigenvalue weighted by Crippen LogP contribution is 2.63. The zero-order chi connectivity index (χ0) is 92.7. The number of fused-ring (bicyclic) bond motifs is 21. The molecule has 660 valence electrons. The second-order valence-electron chi connectivity index (χ2n) is 35.7. The predicted octanol–water partition coefficient (Wildman–Crippen LogP) is 25.6. The van der Waals surface area contributed by atoms with Crippen LogP contribution in [-0.2, 0) is 0 Å². The normalized spacial score (nSPS) is 13.3. The molecule has 9 aliphatic heterocycles. The summed E-state index contributed by atoms with van der Waals surface area (Å²) in [6.07, 6.45) is 3.65. The number of rotatable bonds is 9. The molecule has 30 rings (SSSR count). The van der Waals surface area contributed by atoms with Gasteiger partial charge in [-0.2, -0.15) is 0 Å². The lowest BCUT2D eigenvalue weighted by Crippen LogP contribution is -2.59. The van der Waals surface area contributed by atoms with Gasteiger partial charge in [-0.15, -0.1) is 0 Å². The first kappa shape index (κ1) is 80.6. The van der Waals surface area contributed by atoms with Gasteiger partial charge in [-0.25, -0.2) is 15.0 Å². The van der Waals surface area contributed by atoms with Gasteiger partial charge < -0.3 is 57.8 Å². The van der Waals surface area contributed by atoms with Crippen LogP contribution in [-0.4, -0.2) is 40.1 Å². The van der Waals surface area contributed by atoms with E-state index in [-0.39, 0.29) is 20.1 Å². The van der Waals surface area contributed by atoms with E-state index in [2.05, 4.69) is 344 Å². The van der Waals surface area contributed by atoms with Crippen LogP contribution in [0, 0.1) is 0 Å². The van der Waals surface area contributed by atoms with Crippen LogP contribution in [0.25, 0.3) is 34.2 Å². The van der Waals surface area contributed by atoms with Gasteiger partial charge in [0.2, 0.25) is 0 Å². The third-order valence-electron chi connectivity index (χ3n) is 27.8. The van der Waals surface area contributed by atoms with E-state index in [4.69, 9.17) is 43.4 Å². The number of ether oxygens (including phenoxy) is 6. The van der Waals surface area contributed by atoms with Crippen LogP contribution in [0.1, 0.15) is 0 Å². The van der Waals surface area contributed by atoms with E-state index in [9.17, 15) is 0 Å². The second-order valence-corrected chi connectivity index (χ2v) is 35.7. The van der Waals surface area contributed by atoms with Crippen molar-refractivity contribution < 1.29 is 28.4 Å². The molecule has 2 aromatic heterocycles. The Morgan fingerprint density at radius 3 is 0.716 bits per heavy atom. The molecular formula is C122H77B3N10O6. The first-order valence-corrected chi connectivity index (χ1v) is 47.4. The molecule has 0 bridgehead atoms. The van der Waals surface area contributed by atoms with E-state index in [1.807, 2.05) is 158 Å². The van der Waals surface area contributed by atoms with Crippen molar-refractivity contribution in [3.63, 3.8) is 0 Å². The fourth-order valence-electron chi connectivity index (χ4n) is 21.9. The molecule has 0 amide bonds. The zero-order valence-corrected chi connectivity index (χ0v) is 75.6. The molecule has 0 saturated heterocycles. The molecule has 0 saturated carbocycles. The lowest BCUT2D eigenvalue weighted by Gasteiger charge is -2.43. The van der Waals surface area contributed by atoms with Crippen molar-refractivity contribution in [1.82, 2.24) is 19.9 Å². The molecule has 0 fully saturated rings. The Morgan fingerprint density at radius 2 is 0.404 bits per heavy atom. The van der Waals surface area contributed by atoms with E-state index < -0.39 is 0 Å². The van der Waals surface area contributed by atoms with Gasteiger partial charge in [0.25, 0.3) is 20.1 Å². The monoisotopic (exact) mass is 1810 g/mol. The summed E-state index contributed by atoms with van der Waals surface area (Å²) in [5.41, 5.74) is 31.4. The minimum absolute atomic E-state index is 0.00144. The van der Waals surface area contributed by atoms with Gasteiger partial charge in [-0.1, -0.05) is 279 Å². The van der Waals surface area contributed by atoms with Crippen LogP contribution < -0.4 is 107 Å². The Labute approximate surface area is 814 Å². The van der Waals surface area contributed by atoms with E-state index in [1.165, 1.54) is 16.4 Å². The van der Waals surface area contributed by atoms with Crippen LogP contribution in [0.5, 0.6) is 69.0 Å². The summed E-state index contributed by atoms with van der Waals surface area (Å²) in [4.78, 5) is 33.0. The smallest absolute Gasteiger partial charge is 0.256 e. The van der Waals surface area contributed by atoms with Crippen molar-refractivity contribution in [2.45, 2.75) is 0 Å². The Bertz CT molecular complexity index is 8240. The molecule has 0 spiro atoms. The maximum atomic E-state index is 7.09. The van der Waals surface area contributed by atoms with Crippen LogP contribution in [0.3, 0.4) is 0 Å². The summed E-state index contributed by atoms with van der Waals surface area (Å²) in [6.45, 7) is -0.0410. The maximum Gasteiger partial charge on any atom is 0.256 e. The van der Waals surface area contributed by atoms with Crippen LogP contribution in [0.4, 0.5) is 102 Å². The summed E-state index contributed by atoms with van der Waals surface area (Å²) < 4.78 is 41.3.